The van der Waals surface area contributed by atoms with Crippen LogP contribution in [-0.4, -0.2) is 44.0 Å². The van der Waals surface area contributed by atoms with Crippen LogP contribution in [0.4, 0.5) is 0 Å². The second kappa shape index (κ2) is 6.14. The number of nitriles is 1. The molecule has 0 aliphatic carbocycles. The number of rotatable bonds is 4. The van der Waals surface area contributed by atoms with E-state index in [1.165, 1.54) is 0 Å². The molecule has 0 radical (unpaired) electrons. The molecular formula is C15H21N3O2S. The van der Waals surface area contributed by atoms with Crippen molar-refractivity contribution < 1.29 is 8.42 Å². The largest absolute Gasteiger partial charge is 0.310 e. The number of hydrogen-bond acceptors (Lipinski definition) is 5. The minimum atomic E-state index is -2.91. The van der Waals surface area contributed by atoms with Gasteiger partial charge in [-0.3, -0.25) is 4.90 Å². The molecule has 0 spiro atoms. The lowest BCUT2D eigenvalue weighted by Gasteiger charge is -2.35. The molecule has 1 fully saturated rings. The summed E-state index contributed by atoms with van der Waals surface area (Å²) in [7, 11) is -2.91. The molecule has 1 aliphatic rings. The van der Waals surface area contributed by atoms with Crippen LogP contribution in [0.2, 0.25) is 0 Å². The van der Waals surface area contributed by atoms with Gasteiger partial charge in [-0.25, -0.2) is 8.42 Å². The van der Waals surface area contributed by atoms with Crippen molar-refractivity contribution in [1.29, 1.82) is 5.26 Å². The van der Waals surface area contributed by atoms with Gasteiger partial charge in [0.05, 0.1) is 17.6 Å². The van der Waals surface area contributed by atoms with Gasteiger partial charge in [0.1, 0.15) is 5.54 Å². The van der Waals surface area contributed by atoms with Crippen LogP contribution >= 0.6 is 0 Å². The van der Waals surface area contributed by atoms with Crippen LogP contribution in [-0.2, 0) is 15.4 Å². The minimum Gasteiger partial charge on any atom is -0.310 e. The molecule has 21 heavy (non-hydrogen) atoms. The Morgan fingerprint density at radius 3 is 2.67 bits per heavy atom. The van der Waals surface area contributed by atoms with Crippen LogP contribution in [0.1, 0.15) is 18.9 Å². The lowest BCUT2D eigenvalue weighted by atomic mass is 9.89. The first-order valence-corrected chi connectivity index (χ1v) is 8.88. The van der Waals surface area contributed by atoms with Crippen molar-refractivity contribution >= 4 is 9.84 Å². The SMILES string of the molecule is CC1CS(=O)(=O)CCN1CCC(N)(C#N)c1ccccc1. The van der Waals surface area contributed by atoms with Crippen molar-refractivity contribution in [3.8, 4) is 6.07 Å². The fourth-order valence-corrected chi connectivity index (χ4v) is 4.31. The van der Waals surface area contributed by atoms with Gasteiger partial charge in [0, 0.05) is 19.1 Å². The molecule has 6 heteroatoms. The van der Waals surface area contributed by atoms with E-state index in [0.717, 1.165) is 5.56 Å². The molecule has 0 aromatic heterocycles. The van der Waals surface area contributed by atoms with E-state index in [9.17, 15) is 13.7 Å². The molecule has 1 aliphatic heterocycles. The Bertz CT molecular complexity index is 624. The lowest BCUT2D eigenvalue weighted by molar-refractivity contribution is 0.211. The van der Waals surface area contributed by atoms with Crippen LogP contribution in [0.5, 0.6) is 0 Å². The van der Waals surface area contributed by atoms with Crippen LogP contribution < -0.4 is 5.73 Å². The maximum atomic E-state index is 11.6. The highest BCUT2D eigenvalue weighted by Crippen LogP contribution is 2.23. The molecule has 1 aromatic carbocycles. The van der Waals surface area contributed by atoms with E-state index in [2.05, 4.69) is 11.0 Å². The summed E-state index contributed by atoms with van der Waals surface area (Å²) >= 11 is 0. The number of benzene rings is 1. The zero-order valence-corrected chi connectivity index (χ0v) is 13.0. The second-order valence-electron chi connectivity index (χ2n) is 5.70. The Morgan fingerprint density at radius 2 is 2.10 bits per heavy atom. The monoisotopic (exact) mass is 307 g/mol. The van der Waals surface area contributed by atoms with E-state index in [1.54, 1.807) is 0 Å². The van der Waals surface area contributed by atoms with Gasteiger partial charge in [-0.2, -0.15) is 5.26 Å². The Hall–Kier alpha value is -1.42. The molecule has 2 rings (SSSR count). The van der Waals surface area contributed by atoms with Gasteiger partial charge in [-0.05, 0) is 18.9 Å². The Balaban J connectivity index is 2.03. The average molecular weight is 307 g/mol. The summed E-state index contributed by atoms with van der Waals surface area (Å²) in [5, 5.41) is 9.43. The molecule has 0 bridgehead atoms. The normalized spacial score (nSPS) is 24.9. The van der Waals surface area contributed by atoms with E-state index >= 15 is 0 Å². The van der Waals surface area contributed by atoms with Crippen molar-refractivity contribution in [2.45, 2.75) is 24.9 Å². The molecule has 5 nitrogen and oxygen atoms in total. The first kappa shape index (κ1) is 16.0. The Morgan fingerprint density at radius 1 is 1.43 bits per heavy atom. The van der Waals surface area contributed by atoms with Gasteiger partial charge in [0.2, 0.25) is 0 Å². The van der Waals surface area contributed by atoms with Gasteiger partial charge in [-0.1, -0.05) is 30.3 Å². The third kappa shape index (κ3) is 3.82. The number of nitrogens with two attached hydrogens (primary N) is 1. The van der Waals surface area contributed by atoms with Crippen LogP contribution in [0.3, 0.4) is 0 Å². The van der Waals surface area contributed by atoms with Crippen LogP contribution in [0.15, 0.2) is 30.3 Å². The summed E-state index contributed by atoms with van der Waals surface area (Å²) < 4.78 is 23.2. The summed E-state index contributed by atoms with van der Waals surface area (Å²) in [6.45, 7) is 3.04. The zero-order valence-electron chi connectivity index (χ0n) is 12.2. The third-order valence-corrected chi connectivity index (χ3v) is 5.88. The molecule has 1 heterocycles. The topological polar surface area (TPSA) is 87.2 Å². The van der Waals surface area contributed by atoms with E-state index in [4.69, 9.17) is 5.73 Å². The third-order valence-electron chi connectivity index (χ3n) is 4.09. The smallest absolute Gasteiger partial charge is 0.153 e. The number of hydrogen-bond donors (Lipinski definition) is 1. The predicted octanol–water partition coefficient (Wildman–Crippen LogP) is 0.873. The van der Waals surface area contributed by atoms with E-state index < -0.39 is 15.4 Å². The number of sulfone groups is 1. The van der Waals surface area contributed by atoms with Crippen molar-refractivity contribution in [2.75, 3.05) is 24.6 Å². The molecule has 0 saturated carbocycles. The molecule has 1 saturated heterocycles. The first-order chi connectivity index (χ1) is 9.86. The van der Waals surface area contributed by atoms with Gasteiger partial charge in [-0.15, -0.1) is 0 Å². The highest BCUT2D eigenvalue weighted by atomic mass is 32.2. The average Bonchev–Trinajstić information content (AvgIpc) is 2.46. The highest BCUT2D eigenvalue weighted by Gasteiger charge is 2.32. The summed E-state index contributed by atoms with van der Waals surface area (Å²) in [4.78, 5) is 2.10. The first-order valence-electron chi connectivity index (χ1n) is 7.06. The second-order valence-corrected chi connectivity index (χ2v) is 7.93. The standard InChI is InChI=1S/C15H21N3O2S/c1-13-11-21(19,20)10-9-18(13)8-7-15(17,12-16)14-5-3-2-4-6-14/h2-6,13H,7-11,17H2,1H3. The molecule has 2 unspecified atom stereocenters. The summed E-state index contributed by atoms with van der Waals surface area (Å²) in [6.07, 6.45) is 0.484. The lowest BCUT2D eigenvalue weighted by Crippen LogP contribution is -2.49. The summed E-state index contributed by atoms with van der Waals surface area (Å²) in [6, 6.07) is 11.5. The maximum absolute atomic E-state index is 11.6. The zero-order chi connectivity index (χ0) is 15.5. The van der Waals surface area contributed by atoms with Gasteiger partial charge >= 0.3 is 0 Å². The maximum Gasteiger partial charge on any atom is 0.153 e. The molecule has 0 amide bonds. The predicted molar refractivity (Wildman–Crippen MR) is 82.2 cm³/mol. The molecule has 1 aromatic rings. The molecule has 2 atom stereocenters. The summed E-state index contributed by atoms with van der Waals surface area (Å²) in [5.41, 5.74) is 5.99. The fraction of sp³-hybridized carbons (Fsp3) is 0.533. The molecule has 114 valence electrons. The van der Waals surface area contributed by atoms with Crippen LogP contribution in [0, 0.1) is 11.3 Å². The van der Waals surface area contributed by atoms with Crippen molar-refractivity contribution in [3.05, 3.63) is 35.9 Å². The van der Waals surface area contributed by atoms with Crippen molar-refractivity contribution in [3.63, 3.8) is 0 Å². The molecular weight excluding hydrogens is 286 g/mol. The molecule has 2 N–H and O–H groups in total. The van der Waals surface area contributed by atoms with Crippen molar-refractivity contribution in [2.24, 2.45) is 5.73 Å². The van der Waals surface area contributed by atoms with Gasteiger partial charge in [0.25, 0.3) is 0 Å². The van der Waals surface area contributed by atoms with Gasteiger partial charge < -0.3 is 5.73 Å². The van der Waals surface area contributed by atoms with E-state index in [1.807, 2.05) is 37.3 Å². The van der Waals surface area contributed by atoms with E-state index in [0.29, 0.717) is 19.5 Å². The highest BCUT2D eigenvalue weighted by molar-refractivity contribution is 7.91. The van der Waals surface area contributed by atoms with Crippen molar-refractivity contribution in [1.82, 2.24) is 4.90 Å². The van der Waals surface area contributed by atoms with E-state index in [-0.39, 0.29) is 17.5 Å². The Labute approximate surface area is 126 Å². The summed E-state index contributed by atoms with van der Waals surface area (Å²) in [5.74, 6) is 0.370. The number of nitrogens with zero attached hydrogens (tertiary/aromatic N) is 2. The fourth-order valence-electron chi connectivity index (χ4n) is 2.69. The van der Waals surface area contributed by atoms with Crippen LogP contribution in [0.25, 0.3) is 0 Å². The quantitative estimate of drug-likeness (QED) is 0.892. The van der Waals surface area contributed by atoms with Gasteiger partial charge in [0.15, 0.2) is 9.84 Å². The Kier molecular flexibility index (Phi) is 4.67. The minimum absolute atomic E-state index is 0.0255.